The third-order valence-corrected chi connectivity index (χ3v) is 0.421. The molecule has 0 aromatic heterocycles. The van der Waals surface area contributed by atoms with Crippen LogP contribution < -0.4 is 0 Å². The van der Waals surface area contributed by atoms with Crippen LogP contribution in [-0.4, -0.2) is 18.4 Å². The fourth-order valence-corrected chi connectivity index (χ4v) is 0.129. The third kappa shape index (κ3) is 1.36. The van der Waals surface area contributed by atoms with E-state index in [1.807, 2.05) is 0 Å². The Balaban J connectivity index is 0.000000250. The molecule has 1 rings (SSSR count). The first-order valence-electron chi connectivity index (χ1n) is 1.31. The summed E-state index contributed by atoms with van der Waals surface area (Å²) in [5.74, 6) is 0. The minimum absolute atomic E-state index is 0. The predicted molar refractivity (Wildman–Crippen MR) is 13.0 cm³/mol. The maximum Gasteiger partial charge on any atom is 0.273 e. The van der Waals surface area contributed by atoms with Gasteiger partial charge in [-0.1, -0.05) is 0 Å². The average Bonchev–Trinajstić information content (AvgIpc) is 1.30. The third-order valence-electron chi connectivity index (χ3n) is 0.421. The Morgan fingerprint density at radius 1 is 1.50 bits per heavy atom. The van der Waals surface area contributed by atoms with Gasteiger partial charge >= 0.3 is 0 Å². The molecule has 6 heavy (non-hydrogen) atoms. The van der Waals surface area contributed by atoms with Gasteiger partial charge in [0.1, 0.15) is 0 Å². The molecule has 1 fully saturated rings. The topological polar surface area (TPSA) is 38.7 Å². The molecule has 0 unspecified atom stereocenters. The van der Waals surface area contributed by atoms with Crippen LogP contribution in [0.4, 0.5) is 0 Å². The van der Waals surface area contributed by atoms with E-state index in [0.29, 0.717) is 0 Å². The van der Waals surface area contributed by atoms with Crippen LogP contribution in [0.3, 0.4) is 0 Å². The molecule has 0 saturated carbocycles. The first kappa shape index (κ1) is 6.59. The van der Waals surface area contributed by atoms with E-state index in [2.05, 4.69) is 9.47 Å². The van der Waals surface area contributed by atoms with Gasteiger partial charge in [-0.15, -0.1) is 0 Å². The Hall–Kier alpha value is 0.594. The maximum atomic E-state index is 8.00. The van der Waals surface area contributed by atoms with Gasteiger partial charge in [-0.25, -0.2) is 0 Å². The van der Waals surface area contributed by atoms with Crippen LogP contribution in [0.2, 0.25) is 0 Å². The Bertz CT molecular complexity index is 35.8. The summed E-state index contributed by atoms with van der Waals surface area (Å²) < 4.78 is 8.53. The summed E-state index contributed by atoms with van der Waals surface area (Å²) in [5, 5.41) is 8.00. The zero-order valence-corrected chi connectivity index (χ0v) is 4.61. The van der Waals surface area contributed by atoms with Crippen molar-refractivity contribution in [1.29, 1.82) is 0 Å². The summed E-state index contributed by atoms with van der Waals surface area (Å²) in [6.45, 7) is -0.698. The second-order valence-corrected chi connectivity index (χ2v) is 0.758. The summed E-state index contributed by atoms with van der Waals surface area (Å²) in [6.07, 6.45) is 0. The smallest absolute Gasteiger partial charge is 0.273 e. The van der Waals surface area contributed by atoms with Gasteiger partial charge in [-0.3, -0.25) is 0 Å². The van der Waals surface area contributed by atoms with E-state index in [9.17, 15) is 0 Å². The van der Waals surface area contributed by atoms with Crippen molar-refractivity contribution in [1.82, 2.24) is 0 Å². The summed E-state index contributed by atoms with van der Waals surface area (Å²) >= 11 is 0. The van der Waals surface area contributed by atoms with Crippen LogP contribution in [0.5, 0.6) is 0 Å². The largest absolute Gasteiger partial charge is 0.346 e. The van der Waals surface area contributed by atoms with Crippen molar-refractivity contribution >= 4 is 0 Å². The van der Waals surface area contributed by atoms with Crippen LogP contribution in [0.1, 0.15) is 0 Å². The molecular weight excluding hydrogens is 120 g/mol. The van der Waals surface area contributed by atoms with Crippen LogP contribution in [0, 0.1) is 0 Å². The monoisotopic (exact) mass is 124 g/mol. The summed E-state index contributed by atoms with van der Waals surface area (Å²) in [5.41, 5.74) is 0. The maximum absolute atomic E-state index is 8.00. The number of ether oxygens (including phenoxy) is 2. The standard InChI is InChI=1S/C2H4O3.Ti/c3-2-4-1-5-2;/h2-3H,1H2;. The van der Waals surface area contributed by atoms with Gasteiger partial charge in [0, 0.05) is 21.7 Å². The quantitative estimate of drug-likeness (QED) is 0.432. The van der Waals surface area contributed by atoms with Gasteiger partial charge < -0.3 is 14.6 Å². The molecule has 4 heteroatoms. The van der Waals surface area contributed by atoms with E-state index in [1.54, 1.807) is 0 Å². The molecule has 34 valence electrons. The molecule has 0 amide bonds. The van der Waals surface area contributed by atoms with E-state index in [4.69, 9.17) is 5.11 Å². The molecule has 3 nitrogen and oxygen atoms in total. The van der Waals surface area contributed by atoms with Crippen molar-refractivity contribution in [2.45, 2.75) is 6.48 Å². The van der Waals surface area contributed by atoms with E-state index >= 15 is 0 Å². The first-order chi connectivity index (χ1) is 2.39. The van der Waals surface area contributed by atoms with Gasteiger partial charge in [0.2, 0.25) is 0 Å². The summed E-state index contributed by atoms with van der Waals surface area (Å²) in [4.78, 5) is 0. The normalized spacial score (nSPS) is 21.5. The van der Waals surface area contributed by atoms with Gasteiger partial charge in [0.05, 0.1) is 0 Å². The van der Waals surface area contributed by atoms with Crippen molar-refractivity contribution in [3.05, 3.63) is 0 Å². The van der Waals surface area contributed by atoms with Crippen molar-refractivity contribution in [3.8, 4) is 0 Å². The van der Waals surface area contributed by atoms with Crippen LogP contribution in [0.25, 0.3) is 0 Å². The molecule has 1 saturated heterocycles. The predicted octanol–water partition coefficient (Wildman–Crippen LogP) is -0.736. The SMILES string of the molecule is OC1OCO1.[Ti]. The molecule has 0 radical (unpaired) electrons. The number of hydrogen-bond acceptors (Lipinski definition) is 3. The minimum atomic E-state index is -0.935. The van der Waals surface area contributed by atoms with Crippen molar-refractivity contribution in [3.63, 3.8) is 0 Å². The molecule has 0 aromatic rings. The van der Waals surface area contributed by atoms with E-state index in [-0.39, 0.29) is 28.5 Å². The Kier molecular flexibility index (Phi) is 2.98. The minimum Gasteiger partial charge on any atom is -0.346 e. The van der Waals surface area contributed by atoms with E-state index in [0.717, 1.165) is 0 Å². The van der Waals surface area contributed by atoms with Gasteiger partial charge in [0.15, 0.2) is 6.79 Å². The van der Waals surface area contributed by atoms with Crippen LogP contribution >= 0.6 is 0 Å². The zero-order chi connectivity index (χ0) is 3.70. The second kappa shape index (κ2) is 2.72. The van der Waals surface area contributed by atoms with Crippen LogP contribution in [-0.2, 0) is 31.2 Å². The molecule has 0 bridgehead atoms. The molecule has 1 aliphatic rings. The van der Waals surface area contributed by atoms with E-state index < -0.39 is 6.48 Å². The molecule has 0 atom stereocenters. The summed E-state index contributed by atoms with van der Waals surface area (Å²) in [6, 6.07) is 0. The Labute approximate surface area is 50.1 Å². The van der Waals surface area contributed by atoms with Crippen molar-refractivity contribution in [2.75, 3.05) is 6.79 Å². The first-order valence-corrected chi connectivity index (χ1v) is 1.31. The summed E-state index contributed by atoms with van der Waals surface area (Å²) in [7, 11) is 0. The number of aliphatic hydroxyl groups excluding tert-OH is 1. The fraction of sp³-hybridized carbons (Fsp3) is 1.00. The molecule has 1 heterocycles. The number of aliphatic hydroxyl groups is 1. The van der Waals surface area contributed by atoms with Crippen molar-refractivity contribution < 1.29 is 36.3 Å². The molecular formula is C2H4O3Ti. The van der Waals surface area contributed by atoms with Gasteiger partial charge in [0.25, 0.3) is 6.48 Å². The molecule has 1 aliphatic heterocycles. The molecule has 1 N–H and O–H groups in total. The fourth-order valence-electron chi connectivity index (χ4n) is 0.129. The average molecular weight is 124 g/mol. The van der Waals surface area contributed by atoms with Crippen LogP contribution in [0.15, 0.2) is 0 Å². The molecule has 0 spiro atoms. The zero-order valence-electron chi connectivity index (χ0n) is 3.05. The number of hydrogen-bond donors (Lipinski definition) is 1. The van der Waals surface area contributed by atoms with Gasteiger partial charge in [-0.05, 0) is 0 Å². The molecule has 0 aromatic carbocycles. The van der Waals surface area contributed by atoms with Crippen molar-refractivity contribution in [2.24, 2.45) is 0 Å². The van der Waals surface area contributed by atoms with E-state index in [1.165, 1.54) is 0 Å². The molecule has 0 aliphatic carbocycles. The second-order valence-electron chi connectivity index (χ2n) is 0.758. The van der Waals surface area contributed by atoms with Gasteiger partial charge in [-0.2, -0.15) is 0 Å². The Morgan fingerprint density at radius 3 is 1.83 bits per heavy atom. The number of rotatable bonds is 0. The Morgan fingerprint density at radius 2 is 1.83 bits per heavy atom.